The maximum atomic E-state index is 6.06. The summed E-state index contributed by atoms with van der Waals surface area (Å²) in [5.74, 6) is 0. The SMILES string of the molecule is Cn1cc(-c2cc(N3CC[C@@H](N)C3)c3ccnn3c2)cn1. The van der Waals surface area contributed by atoms with E-state index in [1.807, 2.05) is 47.1 Å². The average molecular weight is 282 g/mol. The van der Waals surface area contributed by atoms with Gasteiger partial charge in [-0.15, -0.1) is 0 Å². The average Bonchev–Trinajstić information content (AvgIpc) is 3.17. The molecule has 0 aromatic carbocycles. The lowest BCUT2D eigenvalue weighted by Gasteiger charge is -2.20. The molecular formula is C15H18N6. The molecular weight excluding hydrogens is 264 g/mol. The molecule has 21 heavy (non-hydrogen) atoms. The van der Waals surface area contributed by atoms with Gasteiger partial charge in [0.1, 0.15) is 0 Å². The molecule has 0 unspecified atom stereocenters. The molecule has 0 saturated carbocycles. The molecule has 0 aliphatic carbocycles. The second-order valence-corrected chi connectivity index (χ2v) is 5.67. The molecule has 3 aromatic rings. The molecule has 0 radical (unpaired) electrons. The molecule has 1 fully saturated rings. The van der Waals surface area contributed by atoms with Crippen molar-refractivity contribution in [2.75, 3.05) is 18.0 Å². The summed E-state index contributed by atoms with van der Waals surface area (Å²) < 4.78 is 3.75. The van der Waals surface area contributed by atoms with Crippen LogP contribution in [-0.2, 0) is 7.05 Å². The topological polar surface area (TPSA) is 64.4 Å². The number of hydrogen-bond donors (Lipinski definition) is 1. The van der Waals surface area contributed by atoms with Crippen molar-refractivity contribution in [3.05, 3.63) is 36.9 Å². The van der Waals surface area contributed by atoms with Gasteiger partial charge in [-0.05, 0) is 18.6 Å². The van der Waals surface area contributed by atoms with Crippen LogP contribution in [-0.4, -0.2) is 38.5 Å². The Morgan fingerprint density at radius 3 is 2.86 bits per heavy atom. The number of fused-ring (bicyclic) bond motifs is 1. The van der Waals surface area contributed by atoms with Crippen LogP contribution in [0.3, 0.4) is 0 Å². The Hall–Kier alpha value is -2.34. The molecule has 1 atom stereocenters. The predicted molar refractivity (Wildman–Crippen MR) is 82.2 cm³/mol. The van der Waals surface area contributed by atoms with Crippen molar-refractivity contribution < 1.29 is 0 Å². The zero-order chi connectivity index (χ0) is 14.4. The first-order valence-corrected chi connectivity index (χ1v) is 7.17. The summed E-state index contributed by atoms with van der Waals surface area (Å²) in [6.07, 6.45) is 8.82. The van der Waals surface area contributed by atoms with Crippen molar-refractivity contribution in [2.45, 2.75) is 12.5 Å². The monoisotopic (exact) mass is 282 g/mol. The van der Waals surface area contributed by atoms with Crippen LogP contribution in [0.25, 0.3) is 16.6 Å². The summed E-state index contributed by atoms with van der Waals surface area (Å²) in [6.45, 7) is 1.90. The van der Waals surface area contributed by atoms with Crippen molar-refractivity contribution in [1.29, 1.82) is 0 Å². The number of nitrogens with two attached hydrogens (primary N) is 1. The first kappa shape index (κ1) is 12.4. The van der Waals surface area contributed by atoms with Crippen LogP contribution in [0.1, 0.15) is 6.42 Å². The fraction of sp³-hybridized carbons (Fsp3) is 0.333. The van der Waals surface area contributed by atoms with Crippen LogP contribution < -0.4 is 10.6 Å². The number of pyridine rings is 1. The minimum absolute atomic E-state index is 0.259. The van der Waals surface area contributed by atoms with E-state index in [0.29, 0.717) is 0 Å². The maximum absolute atomic E-state index is 6.06. The predicted octanol–water partition coefficient (Wildman–Crippen LogP) is 1.27. The zero-order valence-electron chi connectivity index (χ0n) is 12.0. The molecule has 6 nitrogen and oxygen atoms in total. The fourth-order valence-electron chi connectivity index (χ4n) is 3.00. The number of anilines is 1. The second-order valence-electron chi connectivity index (χ2n) is 5.67. The third-order valence-electron chi connectivity index (χ3n) is 4.09. The van der Waals surface area contributed by atoms with Gasteiger partial charge in [0.2, 0.25) is 0 Å². The highest BCUT2D eigenvalue weighted by molar-refractivity contribution is 5.79. The fourth-order valence-corrected chi connectivity index (χ4v) is 3.00. The largest absolute Gasteiger partial charge is 0.368 e. The minimum atomic E-state index is 0.259. The van der Waals surface area contributed by atoms with E-state index < -0.39 is 0 Å². The van der Waals surface area contributed by atoms with Gasteiger partial charge in [0, 0.05) is 49.7 Å². The van der Waals surface area contributed by atoms with E-state index in [9.17, 15) is 0 Å². The van der Waals surface area contributed by atoms with E-state index in [0.717, 1.165) is 36.2 Å². The Balaban J connectivity index is 1.86. The third kappa shape index (κ3) is 2.08. The molecule has 2 N–H and O–H groups in total. The summed E-state index contributed by atoms with van der Waals surface area (Å²) in [6, 6.07) is 4.52. The highest BCUT2D eigenvalue weighted by atomic mass is 15.3. The Labute approximate surface area is 122 Å². The van der Waals surface area contributed by atoms with Gasteiger partial charge in [0.25, 0.3) is 0 Å². The Bertz CT molecular complexity index is 786. The Kier molecular flexibility index (Phi) is 2.71. The Morgan fingerprint density at radius 1 is 1.24 bits per heavy atom. The van der Waals surface area contributed by atoms with Gasteiger partial charge in [-0.25, -0.2) is 4.52 Å². The standard InChI is InChI=1S/C15H18N6/c1-19-8-12(7-18-19)11-6-15(20-5-3-13(16)10-20)14-2-4-17-21(14)9-11/h2,4,6-9,13H,3,5,10,16H2,1H3/t13-/m1/s1. The zero-order valence-corrected chi connectivity index (χ0v) is 12.0. The summed E-state index contributed by atoms with van der Waals surface area (Å²) in [4.78, 5) is 2.35. The molecule has 4 rings (SSSR count). The molecule has 4 heterocycles. The summed E-state index contributed by atoms with van der Waals surface area (Å²) in [7, 11) is 1.93. The molecule has 1 saturated heterocycles. The molecule has 0 amide bonds. The van der Waals surface area contributed by atoms with Gasteiger partial charge in [0.05, 0.1) is 23.6 Å². The molecule has 0 bridgehead atoms. The highest BCUT2D eigenvalue weighted by Gasteiger charge is 2.22. The maximum Gasteiger partial charge on any atom is 0.0895 e. The smallest absolute Gasteiger partial charge is 0.0895 e. The van der Waals surface area contributed by atoms with Crippen LogP contribution >= 0.6 is 0 Å². The Morgan fingerprint density at radius 2 is 2.14 bits per heavy atom. The van der Waals surface area contributed by atoms with Gasteiger partial charge < -0.3 is 10.6 Å². The number of nitrogens with zero attached hydrogens (tertiary/aromatic N) is 5. The van der Waals surface area contributed by atoms with E-state index >= 15 is 0 Å². The van der Waals surface area contributed by atoms with Crippen LogP contribution in [0.5, 0.6) is 0 Å². The third-order valence-corrected chi connectivity index (χ3v) is 4.09. The summed E-state index contributed by atoms with van der Waals surface area (Å²) in [5, 5.41) is 8.65. The van der Waals surface area contributed by atoms with Gasteiger partial charge in [-0.1, -0.05) is 0 Å². The van der Waals surface area contributed by atoms with Gasteiger partial charge in [-0.3, -0.25) is 4.68 Å². The molecule has 1 aliphatic rings. The van der Waals surface area contributed by atoms with E-state index in [1.54, 1.807) is 0 Å². The van der Waals surface area contributed by atoms with Crippen molar-refractivity contribution >= 4 is 11.2 Å². The van der Waals surface area contributed by atoms with E-state index in [2.05, 4.69) is 21.2 Å². The molecule has 108 valence electrons. The minimum Gasteiger partial charge on any atom is -0.368 e. The summed E-state index contributed by atoms with van der Waals surface area (Å²) in [5.41, 5.74) is 10.6. The number of hydrogen-bond acceptors (Lipinski definition) is 4. The second kappa shape index (κ2) is 4.60. The van der Waals surface area contributed by atoms with E-state index in [4.69, 9.17) is 5.73 Å². The molecule has 0 spiro atoms. The lowest BCUT2D eigenvalue weighted by Crippen LogP contribution is -2.26. The normalized spacial score (nSPS) is 18.8. The molecule has 3 aromatic heterocycles. The lowest BCUT2D eigenvalue weighted by molar-refractivity contribution is 0.752. The van der Waals surface area contributed by atoms with Gasteiger partial charge in [-0.2, -0.15) is 10.2 Å². The number of aromatic nitrogens is 4. The highest BCUT2D eigenvalue weighted by Crippen LogP contribution is 2.30. The van der Waals surface area contributed by atoms with Crippen molar-refractivity contribution in [1.82, 2.24) is 19.4 Å². The van der Waals surface area contributed by atoms with E-state index in [-0.39, 0.29) is 6.04 Å². The summed E-state index contributed by atoms with van der Waals surface area (Å²) >= 11 is 0. The van der Waals surface area contributed by atoms with Gasteiger partial charge >= 0.3 is 0 Å². The number of aryl methyl sites for hydroxylation is 1. The van der Waals surface area contributed by atoms with E-state index in [1.165, 1.54) is 5.69 Å². The molecule has 6 heteroatoms. The van der Waals surface area contributed by atoms with Gasteiger partial charge in [0.15, 0.2) is 0 Å². The molecule has 1 aliphatic heterocycles. The first-order chi connectivity index (χ1) is 10.2. The van der Waals surface area contributed by atoms with Crippen LogP contribution in [0.15, 0.2) is 36.9 Å². The number of rotatable bonds is 2. The van der Waals surface area contributed by atoms with Crippen LogP contribution in [0, 0.1) is 0 Å². The van der Waals surface area contributed by atoms with Crippen LogP contribution in [0.4, 0.5) is 5.69 Å². The van der Waals surface area contributed by atoms with Crippen molar-refractivity contribution in [2.24, 2.45) is 12.8 Å². The first-order valence-electron chi connectivity index (χ1n) is 7.17. The lowest BCUT2D eigenvalue weighted by atomic mass is 10.1. The van der Waals surface area contributed by atoms with Crippen molar-refractivity contribution in [3.63, 3.8) is 0 Å². The van der Waals surface area contributed by atoms with Crippen LogP contribution in [0.2, 0.25) is 0 Å². The van der Waals surface area contributed by atoms with Crippen molar-refractivity contribution in [3.8, 4) is 11.1 Å². The quantitative estimate of drug-likeness (QED) is 0.769.